The lowest BCUT2D eigenvalue weighted by Gasteiger charge is -2.31. The van der Waals surface area contributed by atoms with Gasteiger partial charge in [-0.25, -0.2) is 19.0 Å². The van der Waals surface area contributed by atoms with Crippen molar-refractivity contribution in [2.75, 3.05) is 11.9 Å². The van der Waals surface area contributed by atoms with E-state index in [1.165, 1.54) is 12.3 Å². The van der Waals surface area contributed by atoms with Gasteiger partial charge in [0.05, 0.1) is 52.6 Å². The second kappa shape index (κ2) is 15.9. The molecule has 0 saturated heterocycles. The molecule has 3 aliphatic rings. The maximum absolute atomic E-state index is 15.3. The number of aromatic nitrogens is 3. The molecule has 1 aromatic carbocycles. The molecule has 0 radical (unpaired) electrons. The average molecular weight is 798 g/mol. The fraction of sp³-hybridized carbons (Fsp3) is 0.439. The first-order chi connectivity index (χ1) is 27.6. The van der Waals surface area contributed by atoms with Crippen molar-refractivity contribution in [2.45, 2.75) is 103 Å². The van der Waals surface area contributed by atoms with Crippen molar-refractivity contribution in [3.05, 3.63) is 85.7 Å². The number of amides is 4. The number of cyclic esters (lactones) is 1. The molecule has 306 valence electrons. The van der Waals surface area contributed by atoms with Gasteiger partial charge in [0.25, 0.3) is 5.56 Å². The molecule has 4 amide bonds. The van der Waals surface area contributed by atoms with Crippen LogP contribution in [0.25, 0.3) is 22.3 Å². The van der Waals surface area contributed by atoms with E-state index < -0.39 is 41.5 Å². The molecule has 17 heteroatoms. The summed E-state index contributed by atoms with van der Waals surface area (Å²) in [5.41, 5.74) is 14.8. The fourth-order valence-corrected chi connectivity index (χ4v) is 8.18. The van der Waals surface area contributed by atoms with E-state index in [2.05, 4.69) is 26.3 Å². The molecule has 16 nitrogen and oxygen atoms in total. The molecule has 5 heterocycles. The molecule has 1 aliphatic carbocycles. The Labute approximate surface area is 333 Å². The molecule has 4 atom stereocenters. The van der Waals surface area contributed by atoms with Crippen LogP contribution in [0.3, 0.4) is 0 Å². The van der Waals surface area contributed by atoms with Crippen molar-refractivity contribution in [1.29, 1.82) is 0 Å². The number of urea groups is 1. The Morgan fingerprint density at radius 1 is 1.14 bits per heavy atom. The van der Waals surface area contributed by atoms with Gasteiger partial charge in [-0.05, 0) is 79.8 Å². The zero-order valence-electron chi connectivity index (χ0n) is 32.8. The number of primary amides is 1. The van der Waals surface area contributed by atoms with Gasteiger partial charge in [-0.3, -0.25) is 19.4 Å². The molecule has 0 spiro atoms. The molecule has 0 unspecified atom stereocenters. The Morgan fingerprint density at radius 2 is 1.91 bits per heavy atom. The van der Waals surface area contributed by atoms with E-state index in [0.29, 0.717) is 59.7 Å². The first-order valence-corrected chi connectivity index (χ1v) is 19.5. The summed E-state index contributed by atoms with van der Waals surface area (Å²) in [7, 11) is 0. The van der Waals surface area contributed by atoms with Crippen LogP contribution in [0, 0.1) is 18.7 Å². The van der Waals surface area contributed by atoms with E-state index in [-0.39, 0.29) is 67.0 Å². The SMILES string of the molecule is CC[C@@]1(O)C(=O)OCc2c1cc1n(c2=O)Cc2c-1nc1cc(F)c(C)c3c1c2[C@@H](NCc1ccc(NC(=O)[C@H](CCCNC(N)=O)NC(=O)[C@@H](N)C(C)C)cn1)CC3. The number of halogens is 1. The van der Waals surface area contributed by atoms with Gasteiger partial charge in [-0.1, -0.05) is 20.8 Å². The number of hydrogen-bond donors (Lipinski definition) is 7. The van der Waals surface area contributed by atoms with E-state index in [4.69, 9.17) is 21.2 Å². The normalized spacial score (nSPS) is 18.8. The zero-order valence-corrected chi connectivity index (χ0v) is 32.8. The standard InChI is InChI=1S/C41H48FN9O7/c1-5-41(57)26-13-31-35-24(17-51(31)38(54)25(26)18-58-39(41)55)33-28(11-10-23-20(4)27(42)14-30(49-35)32(23)33)47-15-21-8-9-22(16-46-21)48-36(52)29(7-6-12-45-40(44)56)50-37(53)34(43)19(2)3/h8-9,13-14,16,19,28-29,34,47,57H,5-7,10-12,15,17-18,43H2,1-4H3,(H,48,52)(H,50,53)(H3,44,45,56)/t28-,29-,34-,41-/m0/s1. The van der Waals surface area contributed by atoms with Crippen LogP contribution in [0.4, 0.5) is 14.9 Å². The number of carbonyl (C=O) groups excluding carboxylic acids is 4. The molecule has 9 N–H and O–H groups in total. The van der Waals surface area contributed by atoms with Gasteiger partial charge in [0, 0.05) is 41.7 Å². The topological polar surface area (TPSA) is 246 Å². The number of carbonyl (C=O) groups is 4. The molecule has 2 aliphatic heterocycles. The summed E-state index contributed by atoms with van der Waals surface area (Å²) in [5, 5.41) is 23.8. The number of nitrogens with one attached hydrogen (secondary N) is 4. The van der Waals surface area contributed by atoms with Crippen LogP contribution in [-0.4, -0.2) is 62.1 Å². The third kappa shape index (κ3) is 7.29. The van der Waals surface area contributed by atoms with E-state index >= 15 is 4.39 Å². The van der Waals surface area contributed by atoms with Gasteiger partial charge in [-0.2, -0.15) is 0 Å². The van der Waals surface area contributed by atoms with Gasteiger partial charge < -0.3 is 47.1 Å². The summed E-state index contributed by atoms with van der Waals surface area (Å²) in [4.78, 5) is 73.4. The van der Waals surface area contributed by atoms with E-state index in [1.54, 1.807) is 50.5 Å². The number of fused-ring (bicyclic) bond motifs is 5. The highest BCUT2D eigenvalue weighted by atomic mass is 19.1. The van der Waals surface area contributed by atoms with Crippen LogP contribution in [0.15, 0.2) is 35.3 Å². The maximum atomic E-state index is 15.3. The van der Waals surface area contributed by atoms with Gasteiger partial charge in [0.2, 0.25) is 11.8 Å². The molecular formula is C41H48FN9O7. The molecule has 0 bridgehead atoms. The Balaban J connectivity index is 1.13. The number of aryl methyl sites for hydroxylation is 1. The number of rotatable bonds is 13. The minimum absolute atomic E-state index is 0.0101. The lowest BCUT2D eigenvalue weighted by Crippen LogP contribution is -2.51. The van der Waals surface area contributed by atoms with Crippen molar-refractivity contribution < 1.29 is 33.4 Å². The van der Waals surface area contributed by atoms with Crippen molar-refractivity contribution >= 4 is 40.4 Å². The Hall–Kier alpha value is -5.78. The fourth-order valence-electron chi connectivity index (χ4n) is 8.18. The Bertz CT molecular complexity index is 2400. The number of ether oxygens (including phenoxy) is 1. The smallest absolute Gasteiger partial charge is 0.343 e. The number of esters is 1. The first-order valence-electron chi connectivity index (χ1n) is 19.5. The van der Waals surface area contributed by atoms with Crippen molar-refractivity contribution in [2.24, 2.45) is 17.4 Å². The van der Waals surface area contributed by atoms with E-state index in [0.717, 1.165) is 22.1 Å². The number of aliphatic hydroxyl groups is 1. The van der Waals surface area contributed by atoms with Gasteiger partial charge in [-0.15, -0.1) is 0 Å². The number of nitrogens with zero attached hydrogens (tertiary/aromatic N) is 3. The molecule has 3 aromatic heterocycles. The van der Waals surface area contributed by atoms with Crippen LogP contribution in [0.5, 0.6) is 0 Å². The highest BCUT2D eigenvalue weighted by Crippen LogP contribution is 2.46. The predicted molar refractivity (Wildman–Crippen MR) is 212 cm³/mol. The molecule has 4 aromatic rings. The summed E-state index contributed by atoms with van der Waals surface area (Å²) < 4.78 is 22.2. The Kier molecular flexibility index (Phi) is 11.1. The zero-order chi connectivity index (χ0) is 41.6. The largest absolute Gasteiger partial charge is 0.458 e. The summed E-state index contributed by atoms with van der Waals surface area (Å²) in [6.45, 7) is 7.51. The van der Waals surface area contributed by atoms with Gasteiger partial charge in [0.1, 0.15) is 18.5 Å². The average Bonchev–Trinajstić information content (AvgIpc) is 3.57. The summed E-state index contributed by atoms with van der Waals surface area (Å²) >= 11 is 0. The van der Waals surface area contributed by atoms with Crippen LogP contribution < -0.4 is 38.3 Å². The number of nitrogens with two attached hydrogens (primary N) is 2. The monoisotopic (exact) mass is 797 g/mol. The quantitative estimate of drug-likeness (QED) is 0.0674. The van der Waals surface area contributed by atoms with Crippen LogP contribution in [0.1, 0.15) is 91.6 Å². The molecule has 0 fully saturated rings. The molecular weight excluding hydrogens is 750 g/mol. The van der Waals surface area contributed by atoms with Gasteiger partial charge in [0.15, 0.2) is 5.60 Å². The lowest BCUT2D eigenvalue weighted by molar-refractivity contribution is -0.172. The summed E-state index contributed by atoms with van der Waals surface area (Å²) in [6, 6.07) is 3.87. The number of hydrogen-bond acceptors (Lipinski definition) is 11. The second-order valence-electron chi connectivity index (χ2n) is 15.6. The molecule has 58 heavy (non-hydrogen) atoms. The van der Waals surface area contributed by atoms with Crippen molar-refractivity contribution in [3.8, 4) is 11.4 Å². The maximum Gasteiger partial charge on any atom is 0.343 e. The second-order valence-corrected chi connectivity index (χ2v) is 15.6. The van der Waals surface area contributed by atoms with E-state index in [9.17, 15) is 29.1 Å². The van der Waals surface area contributed by atoms with Crippen molar-refractivity contribution in [3.63, 3.8) is 0 Å². The Morgan fingerprint density at radius 3 is 2.60 bits per heavy atom. The number of pyridine rings is 3. The lowest BCUT2D eigenvalue weighted by atomic mass is 9.81. The molecule has 0 saturated carbocycles. The highest BCUT2D eigenvalue weighted by Gasteiger charge is 2.46. The predicted octanol–water partition coefficient (Wildman–Crippen LogP) is 2.55. The molecule has 7 rings (SSSR count). The summed E-state index contributed by atoms with van der Waals surface area (Å²) in [6.07, 6.45) is 3.33. The van der Waals surface area contributed by atoms with Crippen LogP contribution >= 0.6 is 0 Å². The van der Waals surface area contributed by atoms with E-state index in [1.807, 2.05) is 0 Å². The first kappa shape index (κ1) is 40.4. The highest BCUT2D eigenvalue weighted by molar-refractivity contribution is 5.98. The number of anilines is 1. The third-order valence-electron chi connectivity index (χ3n) is 11.6. The minimum atomic E-state index is -1.98. The third-order valence-corrected chi connectivity index (χ3v) is 11.6. The van der Waals surface area contributed by atoms with Crippen LogP contribution in [-0.2, 0) is 50.8 Å². The number of benzene rings is 1. The van der Waals surface area contributed by atoms with Gasteiger partial charge >= 0.3 is 12.0 Å². The van der Waals surface area contributed by atoms with Crippen molar-refractivity contribution in [1.82, 2.24) is 30.5 Å². The minimum Gasteiger partial charge on any atom is -0.458 e. The van der Waals surface area contributed by atoms with Crippen LogP contribution in [0.2, 0.25) is 0 Å². The summed E-state index contributed by atoms with van der Waals surface area (Å²) in [5.74, 6) is -2.28.